The van der Waals surface area contributed by atoms with Crippen LogP contribution in [0.5, 0.6) is 0 Å². The van der Waals surface area contributed by atoms with E-state index in [1.54, 1.807) is 0 Å². The smallest absolute Gasteiger partial charge is 0.0762 e. The summed E-state index contributed by atoms with van der Waals surface area (Å²) in [4.78, 5) is 4.17. The molecule has 0 unspecified atom stereocenters. The Morgan fingerprint density at radius 2 is 1.75 bits per heavy atom. The Balaban J connectivity index is 1.81. The van der Waals surface area contributed by atoms with Gasteiger partial charge < -0.3 is 10.6 Å². The zero-order valence-electron chi connectivity index (χ0n) is 9.63. The van der Waals surface area contributed by atoms with Crippen LogP contribution in [-0.4, -0.2) is 18.1 Å². The molecule has 1 fully saturated rings. The SMILES string of the molecule is c1cc2c(cn1)NCC1(CCCCC1)CN2. The number of fused-ring (bicyclic) bond motifs is 1. The lowest BCUT2D eigenvalue weighted by molar-refractivity contribution is 0.224. The van der Waals surface area contributed by atoms with Crippen molar-refractivity contribution in [3.05, 3.63) is 18.5 Å². The zero-order chi connectivity index (χ0) is 10.8. The van der Waals surface area contributed by atoms with Gasteiger partial charge >= 0.3 is 0 Å². The highest BCUT2D eigenvalue weighted by molar-refractivity contribution is 5.68. The Morgan fingerprint density at radius 3 is 2.56 bits per heavy atom. The van der Waals surface area contributed by atoms with Crippen LogP contribution in [0.2, 0.25) is 0 Å². The van der Waals surface area contributed by atoms with E-state index in [-0.39, 0.29) is 0 Å². The minimum Gasteiger partial charge on any atom is -0.383 e. The molecular formula is C13H19N3. The highest BCUT2D eigenvalue weighted by atomic mass is 15.0. The summed E-state index contributed by atoms with van der Waals surface area (Å²) in [7, 11) is 0. The molecular weight excluding hydrogens is 198 g/mol. The Bertz CT molecular complexity index is 340. The molecule has 1 saturated carbocycles. The fourth-order valence-electron chi connectivity index (χ4n) is 2.97. The number of nitrogens with one attached hydrogen (secondary N) is 2. The number of hydrogen-bond acceptors (Lipinski definition) is 3. The van der Waals surface area contributed by atoms with Crippen molar-refractivity contribution in [1.82, 2.24) is 4.98 Å². The van der Waals surface area contributed by atoms with Crippen molar-refractivity contribution in [2.45, 2.75) is 32.1 Å². The highest BCUT2D eigenvalue weighted by Gasteiger charge is 2.33. The molecule has 86 valence electrons. The normalized spacial score (nSPS) is 22.8. The summed E-state index contributed by atoms with van der Waals surface area (Å²) in [6.45, 7) is 2.20. The van der Waals surface area contributed by atoms with Gasteiger partial charge in [-0.25, -0.2) is 0 Å². The number of anilines is 2. The maximum absolute atomic E-state index is 4.17. The van der Waals surface area contributed by atoms with Gasteiger partial charge in [0.2, 0.25) is 0 Å². The Kier molecular flexibility index (Phi) is 2.46. The van der Waals surface area contributed by atoms with Gasteiger partial charge in [-0.2, -0.15) is 0 Å². The van der Waals surface area contributed by atoms with Crippen molar-refractivity contribution in [3.8, 4) is 0 Å². The molecule has 1 aliphatic heterocycles. The van der Waals surface area contributed by atoms with E-state index in [0.717, 1.165) is 18.8 Å². The molecule has 2 heterocycles. The first-order chi connectivity index (χ1) is 7.88. The van der Waals surface area contributed by atoms with Crippen molar-refractivity contribution in [2.24, 2.45) is 5.41 Å². The Hall–Kier alpha value is -1.25. The summed E-state index contributed by atoms with van der Waals surface area (Å²) in [5.74, 6) is 0. The van der Waals surface area contributed by atoms with E-state index >= 15 is 0 Å². The molecule has 16 heavy (non-hydrogen) atoms. The van der Waals surface area contributed by atoms with Crippen molar-refractivity contribution in [3.63, 3.8) is 0 Å². The second kappa shape index (κ2) is 3.96. The molecule has 2 N–H and O–H groups in total. The predicted octanol–water partition coefficient (Wildman–Crippen LogP) is 2.87. The third kappa shape index (κ3) is 1.75. The predicted molar refractivity (Wildman–Crippen MR) is 66.7 cm³/mol. The first kappa shape index (κ1) is 9.94. The molecule has 3 nitrogen and oxygen atoms in total. The van der Waals surface area contributed by atoms with Gasteiger partial charge in [-0.1, -0.05) is 19.3 Å². The third-order valence-corrected chi connectivity index (χ3v) is 4.04. The molecule has 1 aromatic heterocycles. The molecule has 0 saturated heterocycles. The van der Waals surface area contributed by atoms with Crippen molar-refractivity contribution in [2.75, 3.05) is 23.7 Å². The summed E-state index contributed by atoms with van der Waals surface area (Å²) < 4.78 is 0. The zero-order valence-corrected chi connectivity index (χ0v) is 9.63. The highest BCUT2D eigenvalue weighted by Crippen LogP contribution is 2.39. The number of nitrogens with zero attached hydrogens (tertiary/aromatic N) is 1. The van der Waals surface area contributed by atoms with Crippen LogP contribution in [0.15, 0.2) is 18.5 Å². The Labute approximate surface area is 96.7 Å². The van der Waals surface area contributed by atoms with E-state index in [4.69, 9.17) is 0 Å². The molecule has 1 aromatic rings. The van der Waals surface area contributed by atoms with E-state index in [1.165, 1.54) is 37.8 Å². The maximum Gasteiger partial charge on any atom is 0.0762 e. The van der Waals surface area contributed by atoms with Gasteiger partial charge in [-0.15, -0.1) is 0 Å². The van der Waals surface area contributed by atoms with Gasteiger partial charge in [0.15, 0.2) is 0 Å². The fraction of sp³-hybridized carbons (Fsp3) is 0.615. The molecule has 0 bridgehead atoms. The number of rotatable bonds is 0. The lowest BCUT2D eigenvalue weighted by Crippen LogP contribution is -2.36. The molecule has 0 aromatic carbocycles. The molecule has 0 atom stereocenters. The van der Waals surface area contributed by atoms with Crippen LogP contribution in [0.3, 0.4) is 0 Å². The minimum absolute atomic E-state index is 0.470. The first-order valence-corrected chi connectivity index (χ1v) is 6.30. The van der Waals surface area contributed by atoms with Crippen molar-refractivity contribution < 1.29 is 0 Å². The van der Waals surface area contributed by atoms with E-state index < -0.39 is 0 Å². The van der Waals surface area contributed by atoms with Crippen molar-refractivity contribution >= 4 is 11.4 Å². The van der Waals surface area contributed by atoms with Gasteiger partial charge in [0.05, 0.1) is 17.6 Å². The van der Waals surface area contributed by atoms with Crippen LogP contribution in [-0.2, 0) is 0 Å². The molecule has 1 aliphatic carbocycles. The van der Waals surface area contributed by atoms with Crippen LogP contribution >= 0.6 is 0 Å². The summed E-state index contributed by atoms with van der Waals surface area (Å²) in [6.07, 6.45) is 10.7. The minimum atomic E-state index is 0.470. The van der Waals surface area contributed by atoms with Gasteiger partial charge in [0.25, 0.3) is 0 Å². The molecule has 0 amide bonds. The maximum atomic E-state index is 4.17. The largest absolute Gasteiger partial charge is 0.383 e. The first-order valence-electron chi connectivity index (χ1n) is 6.30. The molecule has 0 radical (unpaired) electrons. The average Bonchev–Trinajstić information content (AvgIpc) is 2.52. The van der Waals surface area contributed by atoms with Crippen LogP contribution in [0.4, 0.5) is 11.4 Å². The van der Waals surface area contributed by atoms with Crippen LogP contribution in [0, 0.1) is 5.41 Å². The summed E-state index contributed by atoms with van der Waals surface area (Å²) >= 11 is 0. The third-order valence-electron chi connectivity index (χ3n) is 4.04. The Morgan fingerprint density at radius 1 is 1.00 bits per heavy atom. The summed E-state index contributed by atoms with van der Waals surface area (Å²) in [6, 6.07) is 2.06. The van der Waals surface area contributed by atoms with Gasteiger partial charge in [-0.05, 0) is 18.9 Å². The number of pyridine rings is 1. The van der Waals surface area contributed by atoms with Crippen LogP contribution in [0.25, 0.3) is 0 Å². The fourth-order valence-corrected chi connectivity index (χ4v) is 2.97. The second-order valence-electron chi connectivity index (χ2n) is 5.19. The van der Waals surface area contributed by atoms with Gasteiger partial charge in [-0.3, -0.25) is 4.98 Å². The lowest BCUT2D eigenvalue weighted by atomic mass is 9.74. The van der Waals surface area contributed by atoms with Gasteiger partial charge in [0.1, 0.15) is 0 Å². The summed E-state index contributed by atoms with van der Waals surface area (Å²) in [5.41, 5.74) is 2.83. The van der Waals surface area contributed by atoms with Crippen LogP contribution < -0.4 is 10.6 Å². The number of aromatic nitrogens is 1. The number of hydrogen-bond donors (Lipinski definition) is 2. The molecule has 3 heteroatoms. The van der Waals surface area contributed by atoms with E-state index in [2.05, 4.69) is 21.7 Å². The second-order valence-corrected chi connectivity index (χ2v) is 5.19. The average molecular weight is 217 g/mol. The van der Waals surface area contributed by atoms with Crippen LogP contribution in [0.1, 0.15) is 32.1 Å². The molecule has 3 rings (SSSR count). The molecule has 1 spiro atoms. The van der Waals surface area contributed by atoms with Gasteiger partial charge in [0, 0.05) is 24.7 Å². The van der Waals surface area contributed by atoms with E-state index in [0.29, 0.717) is 5.41 Å². The quantitative estimate of drug-likeness (QED) is 0.701. The standard InChI is InChI=1S/C13H19N3/c1-2-5-13(6-3-1)9-15-11-4-7-14-8-12(11)16-10-13/h4,7-8,15-16H,1-3,5-6,9-10H2. The monoisotopic (exact) mass is 217 g/mol. The topological polar surface area (TPSA) is 37.0 Å². The molecule has 2 aliphatic rings. The summed E-state index contributed by atoms with van der Waals surface area (Å²) in [5, 5.41) is 7.14. The van der Waals surface area contributed by atoms with Crippen molar-refractivity contribution in [1.29, 1.82) is 0 Å². The van der Waals surface area contributed by atoms with E-state index in [9.17, 15) is 0 Å². The van der Waals surface area contributed by atoms with E-state index in [1.807, 2.05) is 12.4 Å². The lowest BCUT2D eigenvalue weighted by Gasteiger charge is -2.36.